The number of aryl methyl sites for hydroxylation is 1. The first-order chi connectivity index (χ1) is 8.52. The predicted molar refractivity (Wildman–Crippen MR) is 71.9 cm³/mol. The van der Waals surface area contributed by atoms with Gasteiger partial charge in [0.25, 0.3) is 5.56 Å². The first-order valence-electron chi connectivity index (χ1n) is 5.54. The van der Waals surface area contributed by atoms with E-state index < -0.39 is 0 Å². The van der Waals surface area contributed by atoms with Crippen molar-refractivity contribution in [3.8, 4) is 0 Å². The van der Waals surface area contributed by atoms with Gasteiger partial charge >= 0.3 is 0 Å². The number of fused-ring (bicyclic) bond motifs is 1. The molecule has 0 aromatic carbocycles. The molecule has 5 heteroatoms. The van der Waals surface area contributed by atoms with Crippen molar-refractivity contribution in [1.29, 1.82) is 0 Å². The molecule has 0 spiro atoms. The summed E-state index contributed by atoms with van der Waals surface area (Å²) >= 11 is 5.82. The quantitative estimate of drug-likeness (QED) is 0.632. The Labute approximate surface area is 109 Å². The van der Waals surface area contributed by atoms with Crippen molar-refractivity contribution in [2.24, 2.45) is 0 Å². The lowest BCUT2D eigenvalue weighted by Gasteiger charge is -2.11. The van der Waals surface area contributed by atoms with E-state index in [0.29, 0.717) is 23.6 Å². The van der Waals surface area contributed by atoms with E-state index >= 15 is 0 Å². The van der Waals surface area contributed by atoms with Gasteiger partial charge in [0.1, 0.15) is 10.9 Å². The van der Waals surface area contributed by atoms with E-state index in [1.54, 1.807) is 6.20 Å². The summed E-state index contributed by atoms with van der Waals surface area (Å²) in [6, 6.07) is 3.15. The van der Waals surface area contributed by atoms with Crippen LogP contribution in [0.1, 0.15) is 18.1 Å². The van der Waals surface area contributed by atoms with Crippen molar-refractivity contribution in [2.45, 2.75) is 13.8 Å². The smallest absolute Gasteiger partial charge is 0.259 e. The summed E-state index contributed by atoms with van der Waals surface area (Å²) < 4.78 is 6.82. The maximum atomic E-state index is 11.9. The highest BCUT2D eigenvalue weighted by Crippen LogP contribution is 2.20. The Bertz CT molecular complexity index is 676. The van der Waals surface area contributed by atoms with Crippen molar-refractivity contribution in [1.82, 2.24) is 9.38 Å². The number of halogens is 1. The lowest BCUT2D eigenvalue weighted by Crippen LogP contribution is -2.15. The number of nitrogens with zero attached hydrogens (tertiary/aromatic N) is 2. The van der Waals surface area contributed by atoms with Crippen LogP contribution < -0.4 is 5.56 Å². The zero-order valence-corrected chi connectivity index (χ0v) is 11.0. The van der Waals surface area contributed by atoms with Crippen LogP contribution in [0.25, 0.3) is 11.4 Å². The van der Waals surface area contributed by atoms with E-state index in [-0.39, 0.29) is 10.7 Å². The second kappa shape index (κ2) is 4.82. The average Bonchev–Trinajstić information content (AvgIpc) is 2.29. The fraction of sp³-hybridized carbons (Fsp3) is 0.231. The number of ether oxygens (including phenoxy) is 1. The third kappa shape index (κ3) is 2.24. The fourth-order valence-corrected chi connectivity index (χ4v) is 1.94. The second-order valence-electron chi connectivity index (χ2n) is 3.90. The Kier molecular flexibility index (Phi) is 3.39. The molecule has 0 aliphatic rings. The Morgan fingerprint density at radius 3 is 2.94 bits per heavy atom. The van der Waals surface area contributed by atoms with Crippen LogP contribution in [0.2, 0.25) is 5.15 Å². The van der Waals surface area contributed by atoms with Crippen LogP contribution >= 0.6 is 11.6 Å². The Morgan fingerprint density at radius 2 is 2.28 bits per heavy atom. The number of hydrogen-bond donors (Lipinski definition) is 0. The van der Waals surface area contributed by atoms with E-state index in [1.807, 2.05) is 19.9 Å². The topological polar surface area (TPSA) is 43.6 Å². The minimum atomic E-state index is -0.223. The summed E-state index contributed by atoms with van der Waals surface area (Å²) in [4.78, 5) is 16.0. The van der Waals surface area contributed by atoms with E-state index in [4.69, 9.17) is 16.3 Å². The SMILES string of the molecule is C=C(OCC)c1cc(C)cn2c(=O)cc(Cl)nc12. The van der Waals surface area contributed by atoms with Crippen molar-refractivity contribution >= 4 is 23.0 Å². The van der Waals surface area contributed by atoms with Crippen molar-refractivity contribution in [3.63, 3.8) is 0 Å². The first-order valence-corrected chi connectivity index (χ1v) is 5.92. The minimum Gasteiger partial charge on any atom is -0.494 e. The van der Waals surface area contributed by atoms with Gasteiger partial charge in [0, 0.05) is 12.3 Å². The highest BCUT2D eigenvalue weighted by atomic mass is 35.5. The van der Waals surface area contributed by atoms with Gasteiger partial charge in [0.15, 0.2) is 5.65 Å². The normalized spacial score (nSPS) is 10.6. The molecule has 0 unspecified atom stereocenters. The lowest BCUT2D eigenvalue weighted by molar-refractivity contribution is 0.299. The second-order valence-corrected chi connectivity index (χ2v) is 4.29. The molecule has 2 aromatic heterocycles. The van der Waals surface area contributed by atoms with Gasteiger partial charge in [-0.15, -0.1) is 0 Å². The molecule has 0 N–H and O–H groups in total. The molecule has 94 valence electrons. The van der Waals surface area contributed by atoms with E-state index in [2.05, 4.69) is 11.6 Å². The van der Waals surface area contributed by atoms with Crippen molar-refractivity contribution < 1.29 is 4.74 Å². The molecule has 0 amide bonds. The van der Waals surface area contributed by atoms with Crippen molar-refractivity contribution in [3.05, 3.63) is 51.5 Å². The Morgan fingerprint density at radius 1 is 1.56 bits per heavy atom. The maximum absolute atomic E-state index is 11.9. The standard InChI is InChI=1S/C13H13ClN2O2/c1-4-18-9(3)10-5-8(2)7-16-12(17)6-11(14)15-13(10)16/h5-7H,3-4H2,1-2H3. The molecule has 2 aromatic rings. The van der Waals surface area contributed by atoms with Crippen LogP contribution in [0.4, 0.5) is 0 Å². The van der Waals surface area contributed by atoms with Crippen LogP contribution in [0.15, 0.2) is 29.7 Å². The van der Waals surface area contributed by atoms with Crippen LogP contribution in [-0.4, -0.2) is 16.0 Å². The molecular weight excluding hydrogens is 252 g/mol. The molecule has 4 nitrogen and oxygen atoms in total. The Balaban J connectivity index is 2.80. The molecule has 0 atom stereocenters. The molecule has 0 bridgehead atoms. The van der Waals surface area contributed by atoms with Gasteiger partial charge in [-0.05, 0) is 25.5 Å². The van der Waals surface area contributed by atoms with Gasteiger partial charge in [-0.25, -0.2) is 4.98 Å². The fourth-order valence-electron chi connectivity index (χ4n) is 1.77. The van der Waals surface area contributed by atoms with Gasteiger partial charge in [-0.2, -0.15) is 0 Å². The molecule has 0 aliphatic heterocycles. The summed E-state index contributed by atoms with van der Waals surface area (Å²) in [6.45, 7) is 8.11. The Hall–Kier alpha value is -1.81. The molecule has 0 radical (unpaired) electrons. The molecule has 18 heavy (non-hydrogen) atoms. The predicted octanol–water partition coefficient (Wildman–Crippen LogP) is 2.66. The maximum Gasteiger partial charge on any atom is 0.259 e. The summed E-state index contributed by atoms with van der Waals surface area (Å²) in [5.74, 6) is 0.480. The molecule has 2 heterocycles. The molecule has 0 aliphatic carbocycles. The number of pyridine rings is 1. The van der Waals surface area contributed by atoms with Crippen LogP contribution in [0, 0.1) is 6.92 Å². The zero-order valence-electron chi connectivity index (χ0n) is 10.2. The third-order valence-electron chi connectivity index (χ3n) is 2.49. The highest BCUT2D eigenvalue weighted by molar-refractivity contribution is 6.29. The average molecular weight is 265 g/mol. The van der Waals surface area contributed by atoms with Crippen LogP contribution in [0.5, 0.6) is 0 Å². The van der Waals surface area contributed by atoms with Gasteiger partial charge in [-0.1, -0.05) is 18.2 Å². The third-order valence-corrected chi connectivity index (χ3v) is 2.68. The van der Waals surface area contributed by atoms with Crippen LogP contribution in [0.3, 0.4) is 0 Å². The zero-order chi connectivity index (χ0) is 13.3. The van der Waals surface area contributed by atoms with Gasteiger partial charge < -0.3 is 4.74 Å². The summed E-state index contributed by atoms with van der Waals surface area (Å²) in [7, 11) is 0. The van der Waals surface area contributed by atoms with E-state index in [1.165, 1.54) is 10.5 Å². The number of rotatable bonds is 3. The van der Waals surface area contributed by atoms with Gasteiger partial charge in [0.05, 0.1) is 12.2 Å². The molecule has 0 saturated carbocycles. The van der Waals surface area contributed by atoms with E-state index in [9.17, 15) is 4.79 Å². The van der Waals surface area contributed by atoms with Crippen LogP contribution in [-0.2, 0) is 4.74 Å². The summed E-state index contributed by atoms with van der Waals surface area (Å²) in [6.07, 6.45) is 1.71. The first kappa shape index (κ1) is 12.6. The van der Waals surface area contributed by atoms with Gasteiger partial charge in [0.2, 0.25) is 0 Å². The largest absolute Gasteiger partial charge is 0.494 e. The minimum absolute atomic E-state index is 0.161. The summed E-state index contributed by atoms with van der Waals surface area (Å²) in [5.41, 5.74) is 1.83. The summed E-state index contributed by atoms with van der Waals surface area (Å²) in [5, 5.41) is 0.161. The van der Waals surface area contributed by atoms with Crippen molar-refractivity contribution in [2.75, 3.05) is 6.61 Å². The molecule has 0 fully saturated rings. The number of hydrogen-bond acceptors (Lipinski definition) is 3. The molecule has 0 saturated heterocycles. The molecular formula is C13H13ClN2O2. The number of aromatic nitrogens is 2. The van der Waals surface area contributed by atoms with E-state index in [0.717, 1.165) is 5.56 Å². The molecule has 2 rings (SSSR count). The monoisotopic (exact) mass is 264 g/mol. The highest BCUT2D eigenvalue weighted by Gasteiger charge is 2.10. The lowest BCUT2D eigenvalue weighted by atomic mass is 10.2. The van der Waals surface area contributed by atoms with Gasteiger partial charge in [-0.3, -0.25) is 9.20 Å².